The summed E-state index contributed by atoms with van der Waals surface area (Å²) in [6.45, 7) is 3.73. The van der Waals surface area contributed by atoms with Crippen molar-refractivity contribution >= 4 is 24.0 Å². The molecule has 1 atom stereocenters. The van der Waals surface area contributed by atoms with Gasteiger partial charge in [0.05, 0.1) is 17.6 Å². The highest BCUT2D eigenvalue weighted by atomic mass is 35.5. The molecular formula is C19H22ClN3O5. The molecule has 2 aromatic carbocycles. The van der Waals surface area contributed by atoms with Gasteiger partial charge in [-0.1, -0.05) is 0 Å². The van der Waals surface area contributed by atoms with Crippen LogP contribution in [-0.4, -0.2) is 48.5 Å². The fourth-order valence-corrected chi connectivity index (χ4v) is 2.95. The molecular weight excluding hydrogens is 386 g/mol. The van der Waals surface area contributed by atoms with Crippen LogP contribution in [0, 0.1) is 10.1 Å². The van der Waals surface area contributed by atoms with E-state index in [1.54, 1.807) is 36.3 Å². The first-order chi connectivity index (χ1) is 13.0. The summed E-state index contributed by atoms with van der Waals surface area (Å²) >= 11 is 0. The van der Waals surface area contributed by atoms with Crippen LogP contribution in [-0.2, 0) is 0 Å². The number of nitro benzene ring substituents is 1. The van der Waals surface area contributed by atoms with Crippen LogP contribution in [0.2, 0.25) is 0 Å². The third-order valence-electron chi connectivity index (χ3n) is 4.35. The van der Waals surface area contributed by atoms with E-state index in [0.29, 0.717) is 31.1 Å². The maximum absolute atomic E-state index is 13.0. The Bertz CT molecular complexity index is 844. The number of carbonyl (C=O) groups excluding carboxylic acids is 1. The molecule has 1 unspecified atom stereocenters. The zero-order valence-corrected chi connectivity index (χ0v) is 16.4. The second-order valence-corrected chi connectivity index (χ2v) is 6.32. The fourth-order valence-electron chi connectivity index (χ4n) is 2.95. The van der Waals surface area contributed by atoms with Crippen molar-refractivity contribution in [3.05, 3.63) is 58.1 Å². The number of rotatable bonds is 5. The number of hydrogen-bond acceptors (Lipinski definition) is 6. The number of methoxy groups -OCH3 is 1. The Morgan fingerprint density at radius 2 is 1.89 bits per heavy atom. The van der Waals surface area contributed by atoms with Gasteiger partial charge in [0, 0.05) is 37.8 Å². The van der Waals surface area contributed by atoms with E-state index in [1.165, 1.54) is 18.2 Å². The average molecular weight is 408 g/mol. The number of ether oxygens (including phenoxy) is 2. The van der Waals surface area contributed by atoms with Crippen LogP contribution in [0.25, 0.3) is 0 Å². The first-order valence-corrected chi connectivity index (χ1v) is 8.61. The topological polar surface area (TPSA) is 93.9 Å². The standard InChI is InChI=1S/C19H21N3O5.ClH/c1-13-12-21(10-9-20-13)19(23)17-11-14(22(24)25)3-8-18(17)27-16-6-4-15(26-2)5-7-16;/h3-8,11,13,20H,9-10,12H2,1-2H3;1H. The maximum atomic E-state index is 13.0. The molecule has 150 valence electrons. The molecule has 0 saturated carbocycles. The van der Waals surface area contributed by atoms with Crippen LogP contribution < -0.4 is 14.8 Å². The predicted octanol–water partition coefficient (Wildman–Crippen LogP) is 3.25. The third-order valence-corrected chi connectivity index (χ3v) is 4.35. The number of amides is 1. The summed E-state index contributed by atoms with van der Waals surface area (Å²) in [6, 6.07) is 11.1. The molecule has 1 aliphatic rings. The Balaban J connectivity index is 0.00000280. The summed E-state index contributed by atoms with van der Waals surface area (Å²) in [6.07, 6.45) is 0. The second-order valence-electron chi connectivity index (χ2n) is 6.32. The van der Waals surface area contributed by atoms with E-state index in [4.69, 9.17) is 9.47 Å². The molecule has 1 N–H and O–H groups in total. The van der Waals surface area contributed by atoms with E-state index in [0.717, 1.165) is 0 Å². The van der Waals surface area contributed by atoms with Gasteiger partial charge in [0.25, 0.3) is 11.6 Å². The SMILES string of the molecule is COc1ccc(Oc2ccc([N+](=O)[O-])cc2C(=O)N2CCNC(C)C2)cc1.Cl. The van der Waals surface area contributed by atoms with Crippen molar-refractivity contribution in [1.82, 2.24) is 10.2 Å². The van der Waals surface area contributed by atoms with Gasteiger partial charge in [-0.05, 0) is 37.3 Å². The summed E-state index contributed by atoms with van der Waals surface area (Å²) in [4.78, 5) is 25.3. The number of carbonyl (C=O) groups is 1. The van der Waals surface area contributed by atoms with Gasteiger partial charge < -0.3 is 19.7 Å². The van der Waals surface area contributed by atoms with Gasteiger partial charge in [-0.3, -0.25) is 14.9 Å². The summed E-state index contributed by atoms with van der Waals surface area (Å²) in [7, 11) is 1.57. The molecule has 0 bridgehead atoms. The highest BCUT2D eigenvalue weighted by Gasteiger charge is 2.26. The number of piperazine rings is 1. The van der Waals surface area contributed by atoms with Gasteiger partial charge in [0.15, 0.2) is 0 Å². The maximum Gasteiger partial charge on any atom is 0.270 e. The lowest BCUT2D eigenvalue weighted by molar-refractivity contribution is -0.384. The van der Waals surface area contributed by atoms with Crippen LogP contribution in [0.4, 0.5) is 5.69 Å². The minimum atomic E-state index is -0.520. The van der Waals surface area contributed by atoms with Crippen molar-refractivity contribution in [3.8, 4) is 17.2 Å². The van der Waals surface area contributed by atoms with Crippen molar-refractivity contribution in [1.29, 1.82) is 0 Å². The van der Waals surface area contributed by atoms with Crippen molar-refractivity contribution in [3.63, 3.8) is 0 Å². The molecule has 9 heteroatoms. The van der Waals surface area contributed by atoms with Crippen LogP contribution in [0.1, 0.15) is 17.3 Å². The van der Waals surface area contributed by atoms with E-state index in [1.807, 2.05) is 6.92 Å². The van der Waals surface area contributed by atoms with Gasteiger partial charge in [-0.15, -0.1) is 12.4 Å². The number of nitro groups is 1. The Labute approximate surface area is 169 Å². The lowest BCUT2D eigenvalue weighted by Gasteiger charge is -2.32. The molecule has 0 aliphatic carbocycles. The molecule has 1 heterocycles. The Kier molecular flexibility index (Phi) is 7.19. The molecule has 0 aromatic heterocycles. The molecule has 8 nitrogen and oxygen atoms in total. The molecule has 1 aliphatic heterocycles. The van der Waals surface area contributed by atoms with Crippen LogP contribution >= 0.6 is 12.4 Å². The van der Waals surface area contributed by atoms with Crippen LogP contribution in [0.3, 0.4) is 0 Å². The van der Waals surface area contributed by atoms with E-state index < -0.39 is 4.92 Å². The van der Waals surface area contributed by atoms with Gasteiger partial charge in [-0.2, -0.15) is 0 Å². The number of benzene rings is 2. The van der Waals surface area contributed by atoms with Crippen molar-refractivity contribution < 1.29 is 19.2 Å². The molecule has 1 amide bonds. The van der Waals surface area contributed by atoms with Crippen LogP contribution in [0.15, 0.2) is 42.5 Å². The third kappa shape index (κ3) is 4.90. The number of nitrogens with zero attached hydrogens (tertiary/aromatic N) is 2. The van der Waals surface area contributed by atoms with E-state index >= 15 is 0 Å². The fraction of sp³-hybridized carbons (Fsp3) is 0.316. The lowest BCUT2D eigenvalue weighted by Crippen LogP contribution is -2.51. The molecule has 1 fully saturated rings. The average Bonchev–Trinajstić information content (AvgIpc) is 2.68. The highest BCUT2D eigenvalue weighted by Crippen LogP contribution is 2.31. The minimum absolute atomic E-state index is 0. The molecule has 1 saturated heterocycles. The minimum Gasteiger partial charge on any atom is -0.497 e. The quantitative estimate of drug-likeness (QED) is 0.604. The summed E-state index contributed by atoms with van der Waals surface area (Å²) in [5.74, 6) is 1.18. The zero-order chi connectivity index (χ0) is 19.4. The summed E-state index contributed by atoms with van der Waals surface area (Å²) in [5, 5.41) is 14.4. The zero-order valence-electron chi connectivity index (χ0n) is 15.6. The first-order valence-electron chi connectivity index (χ1n) is 8.61. The van der Waals surface area contributed by atoms with Crippen molar-refractivity contribution in [2.75, 3.05) is 26.7 Å². The van der Waals surface area contributed by atoms with Gasteiger partial charge >= 0.3 is 0 Å². The van der Waals surface area contributed by atoms with Gasteiger partial charge in [0.2, 0.25) is 0 Å². The van der Waals surface area contributed by atoms with E-state index in [9.17, 15) is 14.9 Å². The number of halogens is 1. The number of nitrogens with one attached hydrogen (secondary N) is 1. The second kappa shape index (κ2) is 9.38. The van der Waals surface area contributed by atoms with Gasteiger partial charge in [0.1, 0.15) is 17.2 Å². The number of hydrogen-bond donors (Lipinski definition) is 1. The van der Waals surface area contributed by atoms with Gasteiger partial charge in [-0.25, -0.2) is 0 Å². The van der Waals surface area contributed by atoms with Crippen molar-refractivity contribution in [2.24, 2.45) is 0 Å². The smallest absolute Gasteiger partial charge is 0.270 e. The molecule has 0 radical (unpaired) electrons. The monoisotopic (exact) mass is 407 g/mol. The van der Waals surface area contributed by atoms with E-state index in [-0.39, 0.29) is 41.4 Å². The first kappa shape index (κ1) is 21.5. The van der Waals surface area contributed by atoms with Crippen LogP contribution in [0.5, 0.6) is 17.2 Å². The van der Waals surface area contributed by atoms with Crippen molar-refractivity contribution in [2.45, 2.75) is 13.0 Å². The van der Waals surface area contributed by atoms with E-state index in [2.05, 4.69) is 5.32 Å². The summed E-state index contributed by atoms with van der Waals surface area (Å²) in [5.41, 5.74) is 0.0257. The molecule has 3 rings (SSSR count). The Morgan fingerprint density at radius 1 is 1.21 bits per heavy atom. The Hall–Kier alpha value is -2.84. The highest BCUT2D eigenvalue weighted by molar-refractivity contribution is 5.97. The number of non-ortho nitro benzene ring substituents is 1. The normalized spacial score (nSPS) is 16.1. The molecule has 2 aromatic rings. The lowest BCUT2D eigenvalue weighted by atomic mass is 10.1. The Morgan fingerprint density at radius 3 is 2.50 bits per heavy atom. The summed E-state index contributed by atoms with van der Waals surface area (Å²) < 4.78 is 11.0. The predicted molar refractivity (Wildman–Crippen MR) is 107 cm³/mol. The molecule has 28 heavy (non-hydrogen) atoms. The molecule has 0 spiro atoms. The largest absolute Gasteiger partial charge is 0.497 e.